The molecule has 1 aromatic rings. The SMILES string of the molecule is CC[C@@H](C(=O)N1N=CC[C@]1(O)C(F)(F)F)n1nc([N+](=O)[O-])cc1C. The van der Waals surface area contributed by atoms with Crippen molar-refractivity contribution in [2.24, 2.45) is 5.10 Å². The summed E-state index contributed by atoms with van der Waals surface area (Å²) >= 11 is 0. The lowest BCUT2D eigenvalue weighted by molar-refractivity contribution is -0.389. The molecule has 1 aliphatic heterocycles. The third-order valence-electron chi connectivity index (χ3n) is 3.65. The van der Waals surface area contributed by atoms with Crippen LogP contribution in [0.25, 0.3) is 0 Å². The van der Waals surface area contributed by atoms with Gasteiger partial charge in [-0.25, -0.2) is 0 Å². The molecule has 0 aliphatic carbocycles. The molecule has 12 heteroatoms. The maximum Gasteiger partial charge on any atom is 0.438 e. The first-order valence-electron chi connectivity index (χ1n) is 6.89. The van der Waals surface area contributed by atoms with Crippen LogP contribution in [0.1, 0.15) is 31.5 Å². The molecule has 1 N–H and O–H groups in total. The van der Waals surface area contributed by atoms with E-state index in [2.05, 4.69) is 10.2 Å². The van der Waals surface area contributed by atoms with Gasteiger partial charge in [0.2, 0.25) is 0 Å². The topological polar surface area (TPSA) is 114 Å². The molecule has 2 atom stereocenters. The van der Waals surface area contributed by atoms with Crippen molar-refractivity contribution >= 4 is 17.9 Å². The first kappa shape index (κ1) is 17.8. The number of hydrazone groups is 1. The Morgan fingerprint density at radius 1 is 1.58 bits per heavy atom. The lowest BCUT2D eigenvalue weighted by Crippen LogP contribution is -2.57. The summed E-state index contributed by atoms with van der Waals surface area (Å²) in [5.41, 5.74) is -3.22. The van der Waals surface area contributed by atoms with Crippen molar-refractivity contribution < 1.29 is 28.0 Å². The van der Waals surface area contributed by atoms with Gasteiger partial charge in [-0.05, 0) is 18.3 Å². The van der Waals surface area contributed by atoms with Gasteiger partial charge in [-0.15, -0.1) is 0 Å². The second-order valence-electron chi connectivity index (χ2n) is 5.24. The van der Waals surface area contributed by atoms with E-state index in [1.807, 2.05) is 0 Å². The van der Waals surface area contributed by atoms with Crippen molar-refractivity contribution in [2.75, 3.05) is 0 Å². The van der Waals surface area contributed by atoms with Gasteiger partial charge in [-0.1, -0.05) is 6.92 Å². The van der Waals surface area contributed by atoms with Gasteiger partial charge in [0.1, 0.15) is 0 Å². The maximum absolute atomic E-state index is 13.1. The third kappa shape index (κ3) is 2.72. The molecular weight excluding hydrogens is 335 g/mol. The molecule has 9 nitrogen and oxygen atoms in total. The van der Waals surface area contributed by atoms with E-state index in [0.717, 1.165) is 17.0 Å². The molecule has 0 saturated heterocycles. The number of carbonyl (C=O) groups excluding carboxylic acids is 1. The molecule has 0 spiro atoms. The lowest BCUT2D eigenvalue weighted by atomic mass is 10.1. The molecule has 1 amide bonds. The zero-order valence-electron chi connectivity index (χ0n) is 12.7. The molecule has 24 heavy (non-hydrogen) atoms. The van der Waals surface area contributed by atoms with Crippen molar-refractivity contribution in [2.45, 2.75) is 44.6 Å². The number of nitro groups is 1. The van der Waals surface area contributed by atoms with Gasteiger partial charge < -0.3 is 15.2 Å². The quantitative estimate of drug-likeness (QED) is 0.654. The Morgan fingerprint density at radius 2 is 2.21 bits per heavy atom. The smallest absolute Gasteiger partial charge is 0.362 e. The number of aryl methyl sites for hydroxylation is 1. The Kier molecular flexibility index (Phi) is 4.35. The number of nitrogens with zero attached hydrogens (tertiary/aromatic N) is 5. The van der Waals surface area contributed by atoms with Crippen LogP contribution in [0.3, 0.4) is 0 Å². The highest BCUT2D eigenvalue weighted by Crippen LogP contribution is 2.40. The Labute approximate surface area is 133 Å². The van der Waals surface area contributed by atoms with Crippen molar-refractivity contribution in [3.63, 3.8) is 0 Å². The van der Waals surface area contributed by atoms with Crippen LogP contribution in [-0.4, -0.2) is 48.8 Å². The second-order valence-corrected chi connectivity index (χ2v) is 5.24. The minimum Gasteiger partial charge on any atom is -0.362 e. The maximum atomic E-state index is 13.1. The molecule has 0 aromatic carbocycles. The molecule has 2 heterocycles. The highest BCUT2D eigenvalue weighted by Gasteiger charge is 2.62. The highest BCUT2D eigenvalue weighted by atomic mass is 19.4. The predicted molar refractivity (Wildman–Crippen MR) is 73.9 cm³/mol. The summed E-state index contributed by atoms with van der Waals surface area (Å²) in [4.78, 5) is 22.5. The van der Waals surface area contributed by atoms with Gasteiger partial charge in [0.15, 0.2) is 6.04 Å². The van der Waals surface area contributed by atoms with E-state index in [4.69, 9.17) is 0 Å². The van der Waals surface area contributed by atoms with Gasteiger partial charge in [0.25, 0.3) is 11.6 Å². The van der Waals surface area contributed by atoms with Gasteiger partial charge in [0.05, 0.1) is 16.9 Å². The summed E-state index contributed by atoms with van der Waals surface area (Å²) in [6.45, 7) is 2.93. The normalized spacial score (nSPS) is 22.0. The number of aliphatic hydroxyl groups is 1. The van der Waals surface area contributed by atoms with Crippen molar-refractivity contribution in [3.8, 4) is 0 Å². The molecule has 1 aliphatic rings. The number of aromatic nitrogens is 2. The number of hydrogen-bond acceptors (Lipinski definition) is 6. The van der Waals surface area contributed by atoms with Gasteiger partial charge in [-0.3, -0.25) is 4.79 Å². The van der Waals surface area contributed by atoms with Gasteiger partial charge in [-0.2, -0.15) is 28.0 Å². The van der Waals surface area contributed by atoms with Crippen LogP contribution < -0.4 is 0 Å². The van der Waals surface area contributed by atoms with Crippen molar-refractivity contribution in [1.29, 1.82) is 0 Å². The Morgan fingerprint density at radius 3 is 2.67 bits per heavy atom. The van der Waals surface area contributed by atoms with Gasteiger partial charge >= 0.3 is 12.0 Å². The van der Waals surface area contributed by atoms with Crippen molar-refractivity contribution in [3.05, 3.63) is 21.9 Å². The van der Waals surface area contributed by atoms with E-state index in [0.29, 0.717) is 0 Å². The van der Waals surface area contributed by atoms with E-state index >= 15 is 0 Å². The molecule has 132 valence electrons. The second kappa shape index (κ2) is 5.85. The summed E-state index contributed by atoms with van der Waals surface area (Å²) in [6.07, 6.45) is -5.21. The van der Waals surface area contributed by atoms with Crippen LogP contribution in [0.2, 0.25) is 0 Å². The van der Waals surface area contributed by atoms with E-state index in [1.54, 1.807) is 0 Å². The minimum absolute atomic E-state index is 0.00152. The van der Waals surface area contributed by atoms with Crippen LogP contribution in [0, 0.1) is 17.0 Å². The largest absolute Gasteiger partial charge is 0.438 e. The zero-order valence-corrected chi connectivity index (χ0v) is 12.7. The zero-order chi connectivity index (χ0) is 18.3. The van der Waals surface area contributed by atoms with Crippen LogP contribution in [0.4, 0.5) is 19.0 Å². The summed E-state index contributed by atoms with van der Waals surface area (Å²) in [5, 5.41) is 27.5. The van der Waals surface area contributed by atoms with E-state index in [1.165, 1.54) is 13.8 Å². The third-order valence-corrected chi connectivity index (χ3v) is 3.65. The van der Waals surface area contributed by atoms with Crippen LogP contribution in [0.15, 0.2) is 11.2 Å². The number of halogens is 3. The monoisotopic (exact) mass is 349 g/mol. The Balaban J connectivity index is 2.39. The first-order valence-corrected chi connectivity index (χ1v) is 6.89. The average molecular weight is 349 g/mol. The van der Waals surface area contributed by atoms with Crippen LogP contribution in [0.5, 0.6) is 0 Å². The summed E-state index contributed by atoms with van der Waals surface area (Å²) in [6, 6.07) is -0.179. The Bertz CT molecular complexity index is 701. The molecule has 2 rings (SSSR count). The van der Waals surface area contributed by atoms with E-state index in [9.17, 15) is 33.2 Å². The standard InChI is InChI=1S/C12H14F3N5O4/c1-3-8(18-7(2)6-9(17-18)20(23)24)10(21)19-11(22,4-5-16-19)12(13,14)15/h5-6,8,22H,3-4H2,1-2H3/t8-,11-/m0/s1. The van der Waals surface area contributed by atoms with Gasteiger partial charge in [0, 0.05) is 12.6 Å². The minimum atomic E-state index is -5.11. The van der Waals surface area contributed by atoms with E-state index in [-0.39, 0.29) is 17.1 Å². The number of hydrogen-bond donors (Lipinski definition) is 1. The van der Waals surface area contributed by atoms with E-state index < -0.39 is 41.0 Å². The number of carbonyl (C=O) groups is 1. The Hall–Kier alpha value is -2.50. The first-order chi connectivity index (χ1) is 11.0. The molecule has 0 saturated carbocycles. The fourth-order valence-electron chi connectivity index (χ4n) is 2.38. The molecule has 0 unspecified atom stereocenters. The molecular formula is C12H14F3N5O4. The summed E-state index contributed by atoms with van der Waals surface area (Å²) < 4.78 is 40.2. The van der Waals surface area contributed by atoms with Crippen LogP contribution in [-0.2, 0) is 4.79 Å². The number of rotatable bonds is 4. The molecule has 0 radical (unpaired) electrons. The number of amides is 1. The molecule has 0 bridgehead atoms. The van der Waals surface area contributed by atoms with Crippen LogP contribution >= 0.6 is 0 Å². The lowest BCUT2D eigenvalue weighted by Gasteiger charge is -2.34. The predicted octanol–water partition coefficient (Wildman–Crippen LogP) is 1.52. The fourth-order valence-corrected chi connectivity index (χ4v) is 2.38. The molecule has 1 aromatic heterocycles. The highest BCUT2D eigenvalue weighted by molar-refractivity contribution is 5.83. The average Bonchev–Trinajstić information content (AvgIpc) is 3.04. The fraction of sp³-hybridized carbons (Fsp3) is 0.583. The van der Waals surface area contributed by atoms with Crippen molar-refractivity contribution in [1.82, 2.24) is 14.8 Å². The molecule has 0 fully saturated rings. The summed E-state index contributed by atoms with van der Waals surface area (Å²) in [7, 11) is 0. The summed E-state index contributed by atoms with van der Waals surface area (Å²) in [5.74, 6) is -1.69. The number of alkyl halides is 3.